The van der Waals surface area contributed by atoms with Gasteiger partial charge in [0.2, 0.25) is 0 Å². The van der Waals surface area contributed by atoms with Crippen molar-refractivity contribution in [2.45, 2.75) is 6.61 Å². The van der Waals surface area contributed by atoms with Crippen molar-refractivity contribution in [3.8, 4) is 11.5 Å². The van der Waals surface area contributed by atoms with E-state index in [9.17, 15) is 4.79 Å². The van der Waals surface area contributed by atoms with E-state index in [0.717, 1.165) is 5.69 Å². The monoisotopic (exact) mass is 473 g/mol. The van der Waals surface area contributed by atoms with Gasteiger partial charge in [-0.3, -0.25) is 9.78 Å². The lowest BCUT2D eigenvalue weighted by atomic mass is 10.1. The third kappa shape index (κ3) is 4.23. The van der Waals surface area contributed by atoms with Crippen LogP contribution in [-0.2, 0) is 11.4 Å². The fourth-order valence-electron chi connectivity index (χ4n) is 3.73. The molecule has 1 N–H and O–H groups in total. The molecule has 5 rings (SSSR count). The van der Waals surface area contributed by atoms with E-state index in [4.69, 9.17) is 21.1 Å². The average Bonchev–Trinajstić information content (AvgIpc) is 2.88. The van der Waals surface area contributed by atoms with Gasteiger partial charge in [-0.15, -0.1) is 0 Å². The Kier molecular flexibility index (Phi) is 5.97. The van der Waals surface area contributed by atoms with Gasteiger partial charge < -0.3 is 19.7 Å². The van der Waals surface area contributed by atoms with Gasteiger partial charge in [-0.1, -0.05) is 24.2 Å². The van der Waals surface area contributed by atoms with Crippen LogP contribution in [0.5, 0.6) is 11.5 Å². The summed E-state index contributed by atoms with van der Waals surface area (Å²) in [5.41, 5.74) is 2.85. The quantitative estimate of drug-likeness (QED) is 0.398. The molecule has 8 nitrogen and oxygen atoms in total. The Bertz CT molecular complexity index is 1380. The van der Waals surface area contributed by atoms with E-state index in [2.05, 4.69) is 26.8 Å². The van der Waals surface area contributed by atoms with Crippen LogP contribution in [0.25, 0.3) is 10.9 Å². The lowest BCUT2D eigenvalue weighted by Crippen LogP contribution is -2.36. The Morgan fingerprint density at radius 3 is 2.91 bits per heavy atom. The van der Waals surface area contributed by atoms with Crippen molar-refractivity contribution < 1.29 is 14.3 Å². The van der Waals surface area contributed by atoms with Crippen molar-refractivity contribution in [3.63, 3.8) is 0 Å². The fourth-order valence-corrected chi connectivity index (χ4v) is 3.97. The molecule has 1 amide bonds. The van der Waals surface area contributed by atoms with Crippen LogP contribution >= 0.6 is 11.6 Å². The number of amides is 1. The summed E-state index contributed by atoms with van der Waals surface area (Å²) in [6, 6.07) is 14.7. The van der Waals surface area contributed by atoms with Crippen LogP contribution in [0.1, 0.15) is 5.69 Å². The second-order valence-corrected chi connectivity index (χ2v) is 7.86. The molecule has 0 spiro atoms. The van der Waals surface area contributed by atoms with Gasteiger partial charge in [0.1, 0.15) is 31.1 Å². The first-order valence-corrected chi connectivity index (χ1v) is 11.0. The molecule has 0 fully saturated rings. The number of halogens is 1. The van der Waals surface area contributed by atoms with Crippen LogP contribution < -0.4 is 19.7 Å². The first kappa shape index (κ1) is 21.7. The van der Waals surface area contributed by atoms with Crippen LogP contribution in [0.2, 0.25) is 5.02 Å². The molecule has 0 unspecified atom stereocenters. The predicted molar refractivity (Wildman–Crippen MR) is 131 cm³/mol. The summed E-state index contributed by atoms with van der Waals surface area (Å²) < 4.78 is 11.8. The smallest absolute Gasteiger partial charge is 0.250 e. The summed E-state index contributed by atoms with van der Waals surface area (Å²) >= 11 is 6.47. The maximum atomic E-state index is 12.3. The minimum atomic E-state index is -0.191. The number of nitrogens with one attached hydrogen (secondary N) is 1. The summed E-state index contributed by atoms with van der Waals surface area (Å²) in [7, 11) is 0. The largest absolute Gasteiger partial charge is 0.489 e. The minimum absolute atomic E-state index is 0.191. The molecule has 4 aromatic rings. The third-order valence-corrected chi connectivity index (χ3v) is 5.62. The summed E-state index contributed by atoms with van der Waals surface area (Å²) in [5, 5.41) is 4.41. The molecule has 3 heterocycles. The molecule has 0 radical (unpaired) electrons. The van der Waals surface area contributed by atoms with Crippen molar-refractivity contribution in [3.05, 3.63) is 84.4 Å². The normalized spacial score (nSPS) is 12.6. The Balaban J connectivity index is 1.44. The number of carbonyl (C=O) groups is 1. The highest BCUT2D eigenvalue weighted by molar-refractivity contribution is 6.32. The molecule has 0 atom stereocenters. The van der Waals surface area contributed by atoms with Gasteiger partial charge >= 0.3 is 0 Å². The highest BCUT2D eigenvalue weighted by Crippen LogP contribution is 2.41. The summed E-state index contributed by atoms with van der Waals surface area (Å²) in [6.07, 6.45) is 4.48. The Morgan fingerprint density at radius 1 is 1.21 bits per heavy atom. The third-order valence-electron chi connectivity index (χ3n) is 5.32. The molecule has 1 aliphatic heterocycles. The van der Waals surface area contributed by atoms with E-state index < -0.39 is 0 Å². The molecule has 0 aliphatic carbocycles. The standard InChI is InChI=1S/C25H20ClN5O3/c1-2-22(32)31-11-12-33-24-20(31)8-7-19-23(24)25(29-15-28-19)30-16-6-9-21(18(26)13-16)34-14-17-5-3-4-10-27-17/h2-10,13,15H,1,11-12,14H2,(H,28,29,30). The number of hydrogen-bond acceptors (Lipinski definition) is 7. The first-order valence-electron chi connectivity index (χ1n) is 10.6. The lowest BCUT2D eigenvalue weighted by molar-refractivity contribution is -0.114. The zero-order chi connectivity index (χ0) is 23.5. The highest BCUT2D eigenvalue weighted by atomic mass is 35.5. The number of ether oxygens (including phenoxy) is 2. The van der Waals surface area contributed by atoms with Crippen molar-refractivity contribution in [2.75, 3.05) is 23.4 Å². The van der Waals surface area contributed by atoms with Gasteiger partial charge in [-0.05, 0) is 48.5 Å². The molecule has 0 bridgehead atoms. The van der Waals surface area contributed by atoms with Gasteiger partial charge in [0.05, 0.1) is 33.9 Å². The van der Waals surface area contributed by atoms with E-state index in [1.807, 2.05) is 36.4 Å². The van der Waals surface area contributed by atoms with Gasteiger partial charge in [0.15, 0.2) is 5.75 Å². The van der Waals surface area contributed by atoms with E-state index in [1.54, 1.807) is 23.2 Å². The number of anilines is 3. The minimum Gasteiger partial charge on any atom is -0.489 e. The molecular formula is C25H20ClN5O3. The SMILES string of the molecule is C=CC(=O)N1CCOc2c1ccc1ncnc(Nc3ccc(OCc4ccccn4)c(Cl)c3)c21. The topological polar surface area (TPSA) is 89.5 Å². The van der Waals surface area contributed by atoms with Gasteiger partial charge in [-0.2, -0.15) is 0 Å². The number of hydrogen-bond donors (Lipinski definition) is 1. The van der Waals surface area contributed by atoms with Crippen LogP contribution in [0.3, 0.4) is 0 Å². The molecular weight excluding hydrogens is 454 g/mol. The summed E-state index contributed by atoms with van der Waals surface area (Å²) in [5.74, 6) is 1.43. The van der Waals surface area contributed by atoms with Crippen LogP contribution in [0.4, 0.5) is 17.2 Å². The van der Waals surface area contributed by atoms with Gasteiger partial charge in [0.25, 0.3) is 5.91 Å². The highest BCUT2D eigenvalue weighted by Gasteiger charge is 2.26. The molecule has 9 heteroatoms. The number of fused-ring (bicyclic) bond motifs is 3. The predicted octanol–water partition coefficient (Wildman–Crippen LogP) is 4.91. The average molecular weight is 474 g/mol. The Labute approximate surface area is 200 Å². The zero-order valence-electron chi connectivity index (χ0n) is 18.1. The van der Waals surface area contributed by atoms with Gasteiger partial charge in [-0.25, -0.2) is 9.97 Å². The van der Waals surface area contributed by atoms with Crippen molar-refractivity contribution in [1.29, 1.82) is 0 Å². The Hall–Kier alpha value is -4.17. The second-order valence-electron chi connectivity index (χ2n) is 7.45. The second kappa shape index (κ2) is 9.36. The van der Waals surface area contributed by atoms with Crippen molar-refractivity contribution >= 4 is 45.6 Å². The summed E-state index contributed by atoms with van der Waals surface area (Å²) in [6.45, 7) is 4.70. The molecule has 0 saturated heterocycles. The number of rotatable bonds is 6. The van der Waals surface area contributed by atoms with E-state index in [1.165, 1.54) is 12.4 Å². The first-order chi connectivity index (χ1) is 16.6. The molecule has 2 aromatic heterocycles. The van der Waals surface area contributed by atoms with Crippen LogP contribution in [-0.4, -0.2) is 34.0 Å². The van der Waals surface area contributed by atoms with Crippen LogP contribution in [0, 0.1) is 0 Å². The molecule has 170 valence electrons. The van der Waals surface area contributed by atoms with Crippen molar-refractivity contribution in [1.82, 2.24) is 15.0 Å². The molecule has 1 aliphatic rings. The lowest BCUT2D eigenvalue weighted by Gasteiger charge is -2.29. The number of nitrogens with zero attached hydrogens (tertiary/aromatic N) is 4. The number of pyridine rings is 1. The number of aromatic nitrogens is 3. The Morgan fingerprint density at radius 2 is 2.12 bits per heavy atom. The van der Waals surface area contributed by atoms with Crippen molar-refractivity contribution in [2.24, 2.45) is 0 Å². The van der Waals surface area contributed by atoms with Crippen LogP contribution in [0.15, 0.2) is 73.7 Å². The van der Waals surface area contributed by atoms with E-state index >= 15 is 0 Å². The molecule has 34 heavy (non-hydrogen) atoms. The van der Waals surface area contributed by atoms with E-state index in [-0.39, 0.29) is 5.91 Å². The van der Waals surface area contributed by atoms with Gasteiger partial charge in [0, 0.05) is 11.9 Å². The zero-order valence-corrected chi connectivity index (χ0v) is 18.8. The number of benzene rings is 2. The molecule has 2 aromatic carbocycles. The maximum Gasteiger partial charge on any atom is 0.250 e. The maximum absolute atomic E-state index is 12.3. The van der Waals surface area contributed by atoms with E-state index in [0.29, 0.717) is 64.4 Å². The summed E-state index contributed by atoms with van der Waals surface area (Å²) in [4.78, 5) is 27.0. The molecule has 0 saturated carbocycles. The fraction of sp³-hybridized carbons (Fsp3) is 0.120. The number of carbonyl (C=O) groups excluding carboxylic acids is 1.